The van der Waals surface area contributed by atoms with E-state index >= 15 is 0 Å². The molecule has 11 heteroatoms. The Bertz CT molecular complexity index is 1130. The summed E-state index contributed by atoms with van der Waals surface area (Å²) in [6.07, 6.45) is 1.46. The molecular formula is C18H19N7O4. The second-order valence-electron chi connectivity index (χ2n) is 5.96. The van der Waals surface area contributed by atoms with Crippen LogP contribution in [-0.2, 0) is 0 Å². The van der Waals surface area contributed by atoms with E-state index in [4.69, 9.17) is 9.47 Å². The van der Waals surface area contributed by atoms with Crippen molar-refractivity contribution in [1.29, 1.82) is 0 Å². The standard InChI is InChI=1S/C18H19N7O4/c1-10-7-13(25(24-10)18-20-16(26)11(2)21-23-18)17(27)22-19-9-12-5-6-14(28-3)15(8-12)29-4/h5-9H,1-4H3,(H,22,27)(H,20,23,26)/b19-9-. The zero-order chi connectivity index (χ0) is 21.0. The van der Waals surface area contributed by atoms with E-state index in [0.29, 0.717) is 22.8 Å². The van der Waals surface area contributed by atoms with Crippen LogP contribution in [0.3, 0.4) is 0 Å². The highest BCUT2D eigenvalue weighted by molar-refractivity contribution is 5.94. The molecule has 1 amide bonds. The van der Waals surface area contributed by atoms with Gasteiger partial charge in [0.2, 0.25) is 0 Å². The van der Waals surface area contributed by atoms with Gasteiger partial charge in [0.1, 0.15) is 11.4 Å². The summed E-state index contributed by atoms with van der Waals surface area (Å²) < 4.78 is 11.6. The average molecular weight is 397 g/mol. The Balaban J connectivity index is 1.80. The van der Waals surface area contributed by atoms with E-state index in [0.717, 1.165) is 0 Å². The predicted molar refractivity (Wildman–Crippen MR) is 104 cm³/mol. The fourth-order valence-electron chi connectivity index (χ4n) is 2.46. The molecule has 0 spiro atoms. The van der Waals surface area contributed by atoms with Gasteiger partial charge < -0.3 is 9.47 Å². The number of nitrogens with one attached hydrogen (secondary N) is 2. The van der Waals surface area contributed by atoms with Crippen LogP contribution in [-0.4, -0.2) is 51.3 Å². The van der Waals surface area contributed by atoms with Crippen LogP contribution in [0.2, 0.25) is 0 Å². The molecule has 0 saturated heterocycles. The van der Waals surface area contributed by atoms with Gasteiger partial charge in [-0.15, -0.1) is 10.2 Å². The van der Waals surface area contributed by atoms with Gasteiger partial charge in [0.05, 0.1) is 26.1 Å². The monoisotopic (exact) mass is 397 g/mol. The SMILES string of the molecule is COc1ccc(/C=N\NC(=O)c2cc(C)nn2-c2nnc(C)c(=O)[nH]2)cc1OC. The molecule has 0 atom stereocenters. The summed E-state index contributed by atoms with van der Waals surface area (Å²) in [5, 5.41) is 15.8. The molecule has 0 aliphatic carbocycles. The van der Waals surface area contributed by atoms with Gasteiger partial charge in [0.25, 0.3) is 17.4 Å². The van der Waals surface area contributed by atoms with Crippen LogP contribution < -0.4 is 20.5 Å². The van der Waals surface area contributed by atoms with Crippen molar-refractivity contribution in [2.24, 2.45) is 5.10 Å². The van der Waals surface area contributed by atoms with Crippen molar-refractivity contribution in [2.75, 3.05) is 14.2 Å². The minimum absolute atomic E-state index is 0.0303. The van der Waals surface area contributed by atoms with Crippen molar-refractivity contribution in [3.63, 3.8) is 0 Å². The number of methoxy groups -OCH3 is 2. The third kappa shape index (κ3) is 4.29. The highest BCUT2D eigenvalue weighted by Gasteiger charge is 2.17. The van der Waals surface area contributed by atoms with E-state index in [1.165, 1.54) is 24.9 Å². The lowest BCUT2D eigenvalue weighted by molar-refractivity contribution is 0.0947. The van der Waals surface area contributed by atoms with Crippen LogP contribution in [0, 0.1) is 13.8 Å². The molecule has 2 aromatic heterocycles. The number of carbonyl (C=O) groups excluding carboxylic acids is 1. The Morgan fingerprint density at radius 2 is 1.93 bits per heavy atom. The van der Waals surface area contributed by atoms with Crippen molar-refractivity contribution in [3.8, 4) is 17.4 Å². The largest absolute Gasteiger partial charge is 0.493 e. The Morgan fingerprint density at radius 3 is 2.62 bits per heavy atom. The summed E-state index contributed by atoms with van der Waals surface area (Å²) in [4.78, 5) is 26.9. The topological polar surface area (TPSA) is 136 Å². The highest BCUT2D eigenvalue weighted by atomic mass is 16.5. The predicted octanol–water partition coefficient (Wildman–Crippen LogP) is 0.749. The number of hydrogen-bond donors (Lipinski definition) is 2. The molecule has 0 unspecified atom stereocenters. The van der Waals surface area contributed by atoms with Gasteiger partial charge in [-0.1, -0.05) is 0 Å². The molecule has 0 aliphatic rings. The second-order valence-corrected chi connectivity index (χ2v) is 5.96. The number of hydrogen-bond acceptors (Lipinski definition) is 8. The van der Waals surface area contributed by atoms with E-state index in [2.05, 4.69) is 30.8 Å². The molecule has 3 aromatic rings. The smallest absolute Gasteiger partial charge is 0.290 e. The van der Waals surface area contributed by atoms with Crippen molar-refractivity contribution < 1.29 is 14.3 Å². The van der Waals surface area contributed by atoms with E-state index in [-0.39, 0.29) is 17.3 Å². The normalized spacial score (nSPS) is 10.9. The van der Waals surface area contributed by atoms with E-state index in [1.54, 1.807) is 38.3 Å². The van der Waals surface area contributed by atoms with Crippen LogP contribution >= 0.6 is 0 Å². The van der Waals surface area contributed by atoms with Crippen LogP contribution in [0.4, 0.5) is 0 Å². The van der Waals surface area contributed by atoms with Gasteiger partial charge in [-0.2, -0.15) is 14.9 Å². The maximum absolute atomic E-state index is 12.5. The maximum Gasteiger partial charge on any atom is 0.290 e. The highest BCUT2D eigenvalue weighted by Crippen LogP contribution is 2.26. The summed E-state index contributed by atoms with van der Waals surface area (Å²) >= 11 is 0. The number of carbonyl (C=O) groups is 1. The van der Waals surface area contributed by atoms with Crippen molar-refractivity contribution in [3.05, 3.63) is 57.3 Å². The molecule has 0 fully saturated rings. The third-order valence-corrected chi connectivity index (χ3v) is 3.90. The number of aromatic amines is 1. The van der Waals surface area contributed by atoms with Crippen LogP contribution in [0.5, 0.6) is 11.5 Å². The van der Waals surface area contributed by atoms with Gasteiger partial charge in [-0.25, -0.2) is 5.43 Å². The Kier molecular flexibility index (Phi) is 5.67. The first-order chi connectivity index (χ1) is 13.9. The fourth-order valence-corrected chi connectivity index (χ4v) is 2.46. The summed E-state index contributed by atoms with van der Waals surface area (Å²) in [5.41, 5.74) is 3.61. The first-order valence-electron chi connectivity index (χ1n) is 8.49. The van der Waals surface area contributed by atoms with Crippen molar-refractivity contribution in [2.45, 2.75) is 13.8 Å². The molecule has 3 rings (SSSR count). The Morgan fingerprint density at radius 1 is 1.17 bits per heavy atom. The summed E-state index contributed by atoms with van der Waals surface area (Å²) in [7, 11) is 3.07. The lowest BCUT2D eigenvalue weighted by atomic mass is 10.2. The van der Waals surface area contributed by atoms with Crippen molar-refractivity contribution >= 4 is 12.1 Å². The lowest BCUT2D eigenvalue weighted by Gasteiger charge is -2.07. The van der Waals surface area contributed by atoms with E-state index in [1.807, 2.05) is 0 Å². The number of aryl methyl sites for hydroxylation is 2. The van der Waals surface area contributed by atoms with Gasteiger partial charge in [-0.3, -0.25) is 14.6 Å². The number of hydrazone groups is 1. The minimum atomic E-state index is -0.537. The number of H-pyrrole nitrogens is 1. The van der Waals surface area contributed by atoms with Crippen LogP contribution in [0.1, 0.15) is 27.4 Å². The molecule has 150 valence electrons. The van der Waals surface area contributed by atoms with Gasteiger partial charge in [0.15, 0.2) is 11.5 Å². The quantitative estimate of drug-likeness (QED) is 0.462. The lowest BCUT2D eigenvalue weighted by Crippen LogP contribution is -2.24. The van der Waals surface area contributed by atoms with Gasteiger partial charge in [-0.05, 0) is 43.7 Å². The minimum Gasteiger partial charge on any atom is -0.493 e. The molecule has 2 heterocycles. The molecule has 0 aliphatic heterocycles. The third-order valence-electron chi connectivity index (χ3n) is 3.90. The Hall–Kier alpha value is -4.02. The molecule has 29 heavy (non-hydrogen) atoms. The van der Waals surface area contributed by atoms with E-state index < -0.39 is 11.5 Å². The number of aromatic nitrogens is 5. The molecule has 0 bridgehead atoms. The zero-order valence-electron chi connectivity index (χ0n) is 16.3. The molecular weight excluding hydrogens is 378 g/mol. The summed E-state index contributed by atoms with van der Waals surface area (Å²) in [5.74, 6) is 0.618. The molecule has 11 nitrogen and oxygen atoms in total. The summed E-state index contributed by atoms with van der Waals surface area (Å²) in [6.45, 7) is 3.24. The van der Waals surface area contributed by atoms with Gasteiger partial charge >= 0.3 is 0 Å². The zero-order valence-corrected chi connectivity index (χ0v) is 16.3. The number of rotatable bonds is 6. The molecule has 1 aromatic carbocycles. The van der Waals surface area contributed by atoms with E-state index in [9.17, 15) is 9.59 Å². The summed E-state index contributed by atoms with van der Waals surface area (Å²) in [6, 6.07) is 6.75. The first kappa shape index (κ1) is 19.7. The maximum atomic E-state index is 12.5. The number of benzene rings is 1. The fraction of sp³-hybridized carbons (Fsp3) is 0.222. The number of ether oxygens (including phenoxy) is 2. The van der Waals surface area contributed by atoms with Crippen molar-refractivity contribution in [1.82, 2.24) is 30.4 Å². The Labute approximate surface area is 165 Å². The van der Waals surface area contributed by atoms with Crippen LogP contribution in [0.25, 0.3) is 5.95 Å². The average Bonchev–Trinajstić information content (AvgIpc) is 3.11. The second kappa shape index (κ2) is 8.33. The molecule has 0 saturated carbocycles. The van der Waals surface area contributed by atoms with Gasteiger partial charge in [0, 0.05) is 0 Å². The molecule has 0 radical (unpaired) electrons. The number of amides is 1. The molecule has 2 N–H and O–H groups in total. The first-order valence-corrected chi connectivity index (χ1v) is 8.49. The van der Waals surface area contributed by atoms with Crippen LogP contribution in [0.15, 0.2) is 34.2 Å². The number of nitrogens with zero attached hydrogens (tertiary/aromatic N) is 5.